The van der Waals surface area contributed by atoms with Crippen LogP contribution in [0.4, 0.5) is 10.1 Å². The predicted molar refractivity (Wildman–Crippen MR) is 110 cm³/mol. The lowest BCUT2D eigenvalue weighted by molar-refractivity contribution is -0.130. The Labute approximate surface area is 170 Å². The van der Waals surface area contributed by atoms with Gasteiger partial charge in [-0.2, -0.15) is 0 Å². The zero-order chi connectivity index (χ0) is 20.4. The minimum absolute atomic E-state index is 0.0389. The summed E-state index contributed by atoms with van der Waals surface area (Å²) in [5.74, 6) is -0.391. The van der Waals surface area contributed by atoms with Crippen molar-refractivity contribution in [2.75, 3.05) is 31.5 Å². The quantitative estimate of drug-likeness (QED) is 0.846. The molecule has 2 aliphatic rings. The van der Waals surface area contributed by atoms with Crippen LogP contribution in [0.3, 0.4) is 0 Å². The fraction of sp³-hybridized carbons (Fsp3) is 0.391. The van der Waals surface area contributed by atoms with E-state index < -0.39 is 0 Å². The van der Waals surface area contributed by atoms with Gasteiger partial charge in [-0.3, -0.25) is 14.5 Å². The Morgan fingerprint density at radius 2 is 1.72 bits per heavy atom. The largest absolute Gasteiger partial charge is 0.340 e. The minimum Gasteiger partial charge on any atom is -0.340 e. The maximum Gasteiger partial charge on any atom is 0.228 e. The third kappa shape index (κ3) is 4.48. The Morgan fingerprint density at radius 3 is 2.45 bits per heavy atom. The lowest BCUT2D eigenvalue weighted by Crippen LogP contribution is -2.47. The van der Waals surface area contributed by atoms with E-state index in [0.717, 1.165) is 44.0 Å². The van der Waals surface area contributed by atoms with Crippen molar-refractivity contribution in [2.45, 2.75) is 25.8 Å². The van der Waals surface area contributed by atoms with Gasteiger partial charge >= 0.3 is 0 Å². The second-order valence-electron chi connectivity index (χ2n) is 7.90. The molecule has 2 atom stereocenters. The van der Waals surface area contributed by atoms with Crippen molar-refractivity contribution >= 4 is 17.5 Å². The third-order valence-electron chi connectivity index (χ3n) is 5.92. The van der Waals surface area contributed by atoms with E-state index in [9.17, 15) is 14.0 Å². The first-order chi connectivity index (χ1) is 14.0. The second-order valence-corrected chi connectivity index (χ2v) is 7.90. The number of halogens is 1. The fourth-order valence-electron chi connectivity index (χ4n) is 4.07. The van der Waals surface area contributed by atoms with Crippen LogP contribution in [0, 0.1) is 11.7 Å². The van der Waals surface area contributed by atoms with Gasteiger partial charge in [0.25, 0.3) is 0 Å². The summed E-state index contributed by atoms with van der Waals surface area (Å²) in [5.41, 5.74) is 2.50. The number of amides is 2. The first-order valence-corrected chi connectivity index (χ1v) is 10.1. The molecule has 1 saturated carbocycles. The molecule has 1 saturated heterocycles. The van der Waals surface area contributed by atoms with Crippen molar-refractivity contribution in [3.05, 3.63) is 65.5 Å². The molecule has 0 aromatic heterocycles. The topological polar surface area (TPSA) is 52.7 Å². The van der Waals surface area contributed by atoms with E-state index in [1.165, 1.54) is 6.07 Å². The van der Waals surface area contributed by atoms with Crippen LogP contribution >= 0.6 is 0 Å². The van der Waals surface area contributed by atoms with E-state index in [2.05, 4.69) is 10.2 Å². The molecule has 2 fully saturated rings. The number of carbonyl (C=O) groups is 2. The Morgan fingerprint density at radius 1 is 1.03 bits per heavy atom. The average molecular weight is 395 g/mol. The maximum atomic E-state index is 14.0. The van der Waals surface area contributed by atoms with Crippen molar-refractivity contribution in [1.29, 1.82) is 0 Å². The highest BCUT2D eigenvalue weighted by atomic mass is 19.1. The normalized spacial score (nSPS) is 21.7. The predicted octanol–water partition coefficient (Wildman–Crippen LogP) is 3.23. The molecular formula is C23H26FN3O2. The summed E-state index contributed by atoms with van der Waals surface area (Å²) in [6, 6.07) is 14.5. The Bertz CT molecular complexity index is 909. The second kappa shape index (κ2) is 8.33. The van der Waals surface area contributed by atoms with Gasteiger partial charge < -0.3 is 10.2 Å². The van der Waals surface area contributed by atoms with Crippen molar-refractivity contribution in [3.8, 4) is 0 Å². The van der Waals surface area contributed by atoms with Gasteiger partial charge in [-0.1, -0.05) is 36.4 Å². The van der Waals surface area contributed by atoms with Gasteiger partial charge in [-0.25, -0.2) is 4.39 Å². The Kier molecular flexibility index (Phi) is 5.62. The molecule has 6 heteroatoms. The number of hydrogen-bond acceptors (Lipinski definition) is 3. The first-order valence-electron chi connectivity index (χ1n) is 10.1. The molecule has 2 unspecified atom stereocenters. The van der Waals surface area contributed by atoms with E-state index in [0.29, 0.717) is 12.0 Å². The molecule has 5 nitrogen and oxygen atoms in total. The number of piperazine rings is 1. The van der Waals surface area contributed by atoms with Crippen LogP contribution in [0.15, 0.2) is 48.5 Å². The molecule has 1 heterocycles. The van der Waals surface area contributed by atoms with Crippen molar-refractivity contribution in [1.82, 2.24) is 9.80 Å². The van der Waals surface area contributed by atoms with E-state index in [1.54, 1.807) is 19.1 Å². The number of anilines is 1. The highest BCUT2D eigenvalue weighted by Gasteiger charge is 2.45. The molecule has 1 aliphatic heterocycles. The standard InChI is InChI=1S/C23H26FN3O2/c1-16(28)27-12-10-26(11-13-27)15-17-6-2-5-9-22(17)25-23(29)20-14-19(20)18-7-3-4-8-21(18)24/h2-9,19-20H,10-15H2,1H3,(H,25,29). The highest BCUT2D eigenvalue weighted by molar-refractivity contribution is 5.95. The third-order valence-corrected chi connectivity index (χ3v) is 5.92. The van der Waals surface area contributed by atoms with Gasteiger partial charge in [0.15, 0.2) is 0 Å². The van der Waals surface area contributed by atoms with Crippen molar-refractivity contribution in [2.24, 2.45) is 5.92 Å². The number of hydrogen-bond donors (Lipinski definition) is 1. The Hall–Kier alpha value is -2.73. The van der Waals surface area contributed by atoms with Crippen LogP contribution in [0.2, 0.25) is 0 Å². The lowest BCUT2D eigenvalue weighted by Gasteiger charge is -2.34. The molecular weight excluding hydrogens is 369 g/mol. The van der Waals surface area contributed by atoms with Crippen LogP contribution in [0.1, 0.15) is 30.4 Å². The summed E-state index contributed by atoms with van der Waals surface area (Å²) >= 11 is 0. The molecule has 2 aromatic carbocycles. The molecule has 29 heavy (non-hydrogen) atoms. The van der Waals surface area contributed by atoms with Crippen LogP contribution in [-0.2, 0) is 16.1 Å². The molecule has 2 aromatic rings. The van der Waals surface area contributed by atoms with Gasteiger partial charge in [-0.15, -0.1) is 0 Å². The van der Waals surface area contributed by atoms with E-state index in [-0.39, 0.29) is 29.5 Å². The average Bonchev–Trinajstić information content (AvgIpc) is 3.51. The van der Waals surface area contributed by atoms with Gasteiger partial charge in [0.2, 0.25) is 11.8 Å². The summed E-state index contributed by atoms with van der Waals surface area (Å²) < 4.78 is 14.0. The van der Waals surface area contributed by atoms with E-state index in [1.807, 2.05) is 35.2 Å². The van der Waals surface area contributed by atoms with E-state index >= 15 is 0 Å². The number of nitrogens with one attached hydrogen (secondary N) is 1. The molecule has 2 amide bonds. The summed E-state index contributed by atoms with van der Waals surface area (Å²) in [5, 5.41) is 3.06. The van der Waals surface area contributed by atoms with Gasteiger partial charge in [0.05, 0.1) is 0 Å². The van der Waals surface area contributed by atoms with Crippen molar-refractivity contribution < 1.29 is 14.0 Å². The first kappa shape index (κ1) is 19.6. The summed E-state index contributed by atoms with van der Waals surface area (Å²) in [6.07, 6.45) is 0.682. The number of rotatable bonds is 5. The zero-order valence-electron chi connectivity index (χ0n) is 16.6. The molecule has 1 N–H and O–H groups in total. The van der Waals surface area contributed by atoms with Crippen LogP contribution < -0.4 is 5.32 Å². The smallest absolute Gasteiger partial charge is 0.228 e. The van der Waals surface area contributed by atoms with Gasteiger partial charge in [0, 0.05) is 51.3 Å². The molecule has 4 rings (SSSR count). The highest BCUT2D eigenvalue weighted by Crippen LogP contribution is 2.48. The van der Waals surface area contributed by atoms with Crippen molar-refractivity contribution in [3.63, 3.8) is 0 Å². The monoisotopic (exact) mass is 395 g/mol. The molecule has 0 spiro atoms. The van der Waals surface area contributed by atoms with Crippen LogP contribution in [0.25, 0.3) is 0 Å². The fourth-order valence-corrected chi connectivity index (χ4v) is 4.07. The Balaban J connectivity index is 1.37. The van der Waals surface area contributed by atoms with Crippen LogP contribution in [0.5, 0.6) is 0 Å². The molecule has 0 radical (unpaired) electrons. The van der Waals surface area contributed by atoms with Crippen LogP contribution in [-0.4, -0.2) is 47.8 Å². The van der Waals surface area contributed by atoms with Gasteiger partial charge in [-0.05, 0) is 35.6 Å². The molecule has 152 valence electrons. The summed E-state index contributed by atoms with van der Waals surface area (Å²) in [7, 11) is 0. The molecule has 1 aliphatic carbocycles. The number of benzene rings is 2. The van der Waals surface area contributed by atoms with Gasteiger partial charge in [0.1, 0.15) is 5.82 Å². The summed E-state index contributed by atoms with van der Waals surface area (Å²) in [4.78, 5) is 28.4. The number of para-hydroxylation sites is 1. The minimum atomic E-state index is -0.238. The zero-order valence-corrected chi connectivity index (χ0v) is 16.6. The number of carbonyl (C=O) groups excluding carboxylic acids is 2. The van der Waals surface area contributed by atoms with E-state index in [4.69, 9.17) is 0 Å². The lowest BCUT2D eigenvalue weighted by atomic mass is 10.1. The summed E-state index contributed by atoms with van der Waals surface area (Å²) in [6.45, 7) is 5.43. The maximum absolute atomic E-state index is 14.0. The molecule has 0 bridgehead atoms. The SMILES string of the molecule is CC(=O)N1CCN(Cc2ccccc2NC(=O)C2CC2c2ccccc2F)CC1. The number of nitrogens with zero attached hydrogens (tertiary/aromatic N) is 2.